The molecular formula is C20H28N4O. The number of hydrogen-bond acceptors (Lipinski definition) is 3. The van der Waals surface area contributed by atoms with Crippen LogP contribution in [0.5, 0.6) is 0 Å². The minimum Gasteiger partial charge on any atom is -0.337 e. The molecule has 3 heterocycles. The molecular weight excluding hydrogens is 312 g/mol. The van der Waals surface area contributed by atoms with Gasteiger partial charge in [0.05, 0.1) is 12.1 Å². The zero-order chi connectivity index (χ0) is 17.1. The third-order valence-electron chi connectivity index (χ3n) is 5.58. The third kappa shape index (κ3) is 3.56. The van der Waals surface area contributed by atoms with Crippen molar-refractivity contribution in [3.8, 4) is 0 Å². The molecule has 0 unspecified atom stereocenters. The first kappa shape index (κ1) is 16.6. The molecule has 2 saturated heterocycles. The number of rotatable bonds is 4. The fraction of sp³-hybridized carbons (Fsp3) is 0.600. The number of likely N-dealkylation sites (tertiary alicyclic amines) is 2. The van der Waals surface area contributed by atoms with E-state index in [9.17, 15) is 4.79 Å². The van der Waals surface area contributed by atoms with Gasteiger partial charge >= 0.3 is 0 Å². The number of aromatic nitrogens is 2. The van der Waals surface area contributed by atoms with Gasteiger partial charge in [-0.3, -0.25) is 9.48 Å². The molecule has 0 radical (unpaired) electrons. The van der Waals surface area contributed by atoms with E-state index < -0.39 is 0 Å². The van der Waals surface area contributed by atoms with E-state index in [-0.39, 0.29) is 5.91 Å². The van der Waals surface area contributed by atoms with Crippen LogP contribution in [-0.4, -0.2) is 58.2 Å². The monoisotopic (exact) mass is 340 g/mol. The molecule has 0 atom stereocenters. The van der Waals surface area contributed by atoms with Crippen molar-refractivity contribution in [3.63, 3.8) is 0 Å². The van der Waals surface area contributed by atoms with Gasteiger partial charge in [0.1, 0.15) is 0 Å². The number of carbonyl (C=O) groups excluding carboxylic acids is 1. The minimum atomic E-state index is 0.104. The van der Waals surface area contributed by atoms with Gasteiger partial charge in [-0.25, -0.2) is 0 Å². The number of hydrogen-bond donors (Lipinski definition) is 0. The Morgan fingerprint density at radius 3 is 2.32 bits per heavy atom. The van der Waals surface area contributed by atoms with Gasteiger partial charge in [0.2, 0.25) is 0 Å². The van der Waals surface area contributed by atoms with Crippen molar-refractivity contribution < 1.29 is 4.79 Å². The highest BCUT2D eigenvalue weighted by Crippen LogP contribution is 2.22. The van der Waals surface area contributed by atoms with Crippen molar-refractivity contribution in [3.05, 3.63) is 30.0 Å². The maximum atomic E-state index is 13.0. The van der Waals surface area contributed by atoms with Crippen LogP contribution in [0.2, 0.25) is 0 Å². The average Bonchev–Trinajstić information content (AvgIpc) is 3.06. The van der Waals surface area contributed by atoms with Crippen LogP contribution in [0.3, 0.4) is 0 Å². The molecule has 5 heteroatoms. The number of benzene rings is 1. The molecule has 2 aromatic rings. The van der Waals surface area contributed by atoms with E-state index in [1.807, 2.05) is 27.8 Å². The molecule has 0 saturated carbocycles. The molecule has 25 heavy (non-hydrogen) atoms. The van der Waals surface area contributed by atoms with E-state index >= 15 is 0 Å². The minimum absolute atomic E-state index is 0.104. The Morgan fingerprint density at radius 2 is 1.56 bits per heavy atom. The lowest BCUT2D eigenvalue weighted by molar-refractivity contribution is 0.0719. The Labute approximate surface area is 149 Å². The van der Waals surface area contributed by atoms with Crippen molar-refractivity contribution in [2.45, 2.75) is 45.1 Å². The molecule has 2 aliphatic rings. The summed E-state index contributed by atoms with van der Waals surface area (Å²) < 4.78 is 2.04. The van der Waals surface area contributed by atoms with E-state index in [1.165, 1.54) is 38.8 Å². The summed E-state index contributed by atoms with van der Waals surface area (Å²) in [6.07, 6.45) is 7.42. The van der Waals surface area contributed by atoms with Crippen LogP contribution in [0.1, 0.15) is 49.0 Å². The highest BCUT2D eigenvalue weighted by Gasteiger charge is 2.24. The molecule has 5 nitrogen and oxygen atoms in total. The predicted octanol–water partition coefficient (Wildman–Crippen LogP) is 3.15. The Hall–Kier alpha value is -1.88. The molecule has 0 bridgehead atoms. The van der Waals surface area contributed by atoms with Crippen LogP contribution in [0.15, 0.2) is 24.3 Å². The van der Waals surface area contributed by atoms with Crippen LogP contribution in [0.4, 0.5) is 0 Å². The molecule has 2 fully saturated rings. The first-order valence-electron chi connectivity index (χ1n) is 9.80. The summed E-state index contributed by atoms with van der Waals surface area (Å²) in [5.74, 6) is 0.104. The van der Waals surface area contributed by atoms with Crippen molar-refractivity contribution in [2.24, 2.45) is 0 Å². The van der Waals surface area contributed by atoms with Gasteiger partial charge in [0.25, 0.3) is 5.91 Å². The molecule has 4 rings (SSSR count). The molecule has 0 N–H and O–H groups in total. The number of para-hydroxylation sites is 1. The van der Waals surface area contributed by atoms with E-state index in [4.69, 9.17) is 5.10 Å². The smallest absolute Gasteiger partial charge is 0.275 e. The van der Waals surface area contributed by atoms with Gasteiger partial charge in [-0.1, -0.05) is 24.6 Å². The van der Waals surface area contributed by atoms with Crippen molar-refractivity contribution in [1.82, 2.24) is 19.6 Å². The van der Waals surface area contributed by atoms with Crippen LogP contribution < -0.4 is 0 Å². The standard InChI is InChI=1S/C20H28N4O/c25-20(23-13-7-2-8-14-23)19-17-9-3-4-10-18(17)24(21-19)16-15-22-11-5-1-6-12-22/h3-4,9-10H,1-2,5-8,11-16H2. The zero-order valence-corrected chi connectivity index (χ0v) is 15.0. The van der Waals surface area contributed by atoms with Gasteiger partial charge in [-0.05, 0) is 51.3 Å². The second-order valence-electron chi connectivity index (χ2n) is 7.34. The lowest BCUT2D eigenvalue weighted by atomic mass is 10.1. The molecule has 1 aromatic heterocycles. The Kier molecular flexibility index (Phi) is 5.02. The Balaban J connectivity index is 1.56. The first-order chi connectivity index (χ1) is 12.3. The molecule has 1 aromatic carbocycles. The number of nitrogens with zero attached hydrogens (tertiary/aromatic N) is 4. The first-order valence-corrected chi connectivity index (χ1v) is 9.80. The third-order valence-corrected chi connectivity index (χ3v) is 5.58. The lowest BCUT2D eigenvalue weighted by Gasteiger charge is -2.26. The number of fused-ring (bicyclic) bond motifs is 1. The van der Waals surface area contributed by atoms with E-state index in [0.717, 1.165) is 49.9 Å². The summed E-state index contributed by atoms with van der Waals surface area (Å²) in [5, 5.41) is 5.74. The molecule has 1 amide bonds. The van der Waals surface area contributed by atoms with Gasteiger partial charge in [-0.15, -0.1) is 0 Å². The maximum absolute atomic E-state index is 13.0. The number of amides is 1. The second-order valence-corrected chi connectivity index (χ2v) is 7.34. The lowest BCUT2D eigenvalue weighted by Crippen LogP contribution is -2.36. The van der Waals surface area contributed by atoms with Crippen molar-refractivity contribution in [1.29, 1.82) is 0 Å². The summed E-state index contributed by atoms with van der Waals surface area (Å²) >= 11 is 0. The summed E-state index contributed by atoms with van der Waals surface area (Å²) in [6, 6.07) is 8.17. The fourth-order valence-corrected chi connectivity index (χ4v) is 4.12. The van der Waals surface area contributed by atoms with E-state index in [0.29, 0.717) is 5.69 Å². The van der Waals surface area contributed by atoms with Gasteiger partial charge in [0.15, 0.2) is 5.69 Å². The van der Waals surface area contributed by atoms with Crippen LogP contribution in [0, 0.1) is 0 Å². The highest BCUT2D eigenvalue weighted by molar-refractivity contribution is 6.04. The average molecular weight is 340 g/mol. The van der Waals surface area contributed by atoms with Gasteiger partial charge in [-0.2, -0.15) is 5.10 Å². The highest BCUT2D eigenvalue weighted by atomic mass is 16.2. The van der Waals surface area contributed by atoms with Crippen molar-refractivity contribution in [2.75, 3.05) is 32.7 Å². The summed E-state index contributed by atoms with van der Waals surface area (Å²) in [5.41, 5.74) is 1.72. The number of carbonyl (C=O) groups is 1. The summed E-state index contributed by atoms with van der Waals surface area (Å²) in [4.78, 5) is 17.5. The Morgan fingerprint density at radius 1 is 0.880 bits per heavy atom. The van der Waals surface area contributed by atoms with Gasteiger partial charge < -0.3 is 9.80 Å². The van der Waals surface area contributed by atoms with Crippen LogP contribution in [-0.2, 0) is 6.54 Å². The molecule has 2 aliphatic heterocycles. The topological polar surface area (TPSA) is 41.4 Å². The second kappa shape index (κ2) is 7.56. The van der Waals surface area contributed by atoms with E-state index in [2.05, 4.69) is 11.0 Å². The zero-order valence-electron chi connectivity index (χ0n) is 15.0. The normalized spacial score (nSPS) is 19.4. The van der Waals surface area contributed by atoms with Crippen molar-refractivity contribution >= 4 is 16.8 Å². The van der Waals surface area contributed by atoms with E-state index in [1.54, 1.807) is 0 Å². The van der Waals surface area contributed by atoms with Gasteiger partial charge in [0, 0.05) is 25.0 Å². The quantitative estimate of drug-likeness (QED) is 0.858. The summed E-state index contributed by atoms with van der Waals surface area (Å²) in [7, 11) is 0. The predicted molar refractivity (Wildman–Crippen MR) is 99.8 cm³/mol. The fourth-order valence-electron chi connectivity index (χ4n) is 4.12. The number of piperidine rings is 2. The van der Waals surface area contributed by atoms with Crippen LogP contribution in [0.25, 0.3) is 10.9 Å². The summed E-state index contributed by atoms with van der Waals surface area (Å²) in [6.45, 7) is 6.00. The molecule has 0 spiro atoms. The molecule has 0 aliphatic carbocycles. The Bertz CT molecular complexity index is 726. The molecule has 134 valence electrons. The maximum Gasteiger partial charge on any atom is 0.275 e. The SMILES string of the molecule is O=C(c1nn(CCN2CCCCC2)c2ccccc12)N1CCCCC1. The largest absolute Gasteiger partial charge is 0.337 e. The van der Waals surface area contributed by atoms with Crippen LogP contribution >= 0.6 is 0 Å².